The average molecular weight is 421 g/mol. The highest BCUT2D eigenvalue weighted by Gasteiger charge is 2.22. The zero-order valence-electron chi connectivity index (χ0n) is 16.8. The molecule has 0 spiro atoms. The van der Waals surface area contributed by atoms with E-state index in [1.807, 2.05) is 24.3 Å². The van der Waals surface area contributed by atoms with E-state index in [2.05, 4.69) is 32.8 Å². The second kappa shape index (κ2) is 7.41. The van der Waals surface area contributed by atoms with Gasteiger partial charge < -0.3 is 9.88 Å². The van der Waals surface area contributed by atoms with Crippen LogP contribution >= 0.6 is 0 Å². The van der Waals surface area contributed by atoms with Crippen molar-refractivity contribution in [1.82, 2.24) is 14.9 Å². The smallest absolute Gasteiger partial charge is 0.264 e. The predicted octanol–water partition coefficient (Wildman–Crippen LogP) is 4.33. The van der Waals surface area contributed by atoms with E-state index < -0.39 is 10.0 Å². The number of hydrogen-bond acceptors (Lipinski definition) is 4. The normalized spacial score (nSPS) is 16.3. The molecule has 5 rings (SSSR count). The van der Waals surface area contributed by atoms with Crippen LogP contribution in [-0.2, 0) is 10.0 Å². The molecule has 154 valence electrons. The number of rotatable bonds is 4. The lowest BCUT2D eigenvalue weighted by Crippen LogP contribution is -2.29. The molecule has 0 bridgehead atoms. The van der Waals surface area contributed by atoms with Crippen molar-refractivity contribution in [3.8, 4) is 0 Å². The Bertz CT molecular complexity index is 1320. The molecule has 0 unspecified atom stereocenters. The first-order valence-electron chi connectivity index (χ1n) is 10.2. The summed E-state index contributed by atoms with van der Waals surface area (Å²) < 4.78 is 29.1. The van der Waals surface area contributed by atoms with E-state index in [1.54, 1.807) is 30.5 Å². The van der Waals surface area contributed by atoms with E-state index in [4.69, 9.17) is 0 Å². The van der Waals surface area contributed by atoms with E-state index in [0.717, 1.165) is 42.2 Å². The van der Waals surface area contributed by atoms with Crippen LogP contribution in [0.4, 0.5) is 5.69 Å². The molecule has 0 amide bonds. The minimum Gasteiger partial charge on any atom is -0.361 e. The van der Waals surface area contributed by atoms with Gasteiger partial charge in [0.05, 0.1) is 5.52 Å². The van der Waals surface area contributed by atoms with Crippen molar-refractivity contribution in [2.24, 2.45) is 0 Å². The maximum atomic E-state index is 13.1. The van der Waals surface area contributed by atoms with Crippen molar-refractivity contribution < 1.29 is 8.42 Å². The van der Waals surface area contributed by atoms with Crippen molar-refractivity contribution in [1.29, 1.82) is 0 Å². The van der Waals surface area contributed by atoms with Crippen LogP contribution in [0.2, 0.25) is 0 Å². The first-order chi connectivity index (χ1) is 14.5. The van der Waals surface area contributed by atoms with Crippen LogP contribution in [0.15, 0.2) is 65.8 Å². The number of fused-ring (bicyclic) bond motifs is 2. The third kappa shape index (κ3) is 3.44. The number of sulfonamides is 1. The molecule has 0 saturated carbocycles. The minimum absolute atomic E-state index is 0.185. The Morgan fingerprint density at radius 2 is 1.90 bits per heavy atom. The zero-order chi connectivity index (χ0) is 20.7. The summed E-state index contributed by atoms with van der Waals surface area (Å²) in [6.07, 6.45) is 5.91. The summed E-state index contributed by atoms with van der Waals surface area (Å²) in [4.78, 5) is 10.2. The molecule has 0 aliphatic carbocycles. The van der Waals surface area contributed by atoms with Gasteiger partial charge in [0.1, 0.15) is 4.90 Å². The van der Waals surface area contributed by atoms with Gasteiger partial charge in [-0.1, -0.05) is 18.2 Å². The van der Waals surface area contributed by atoms with Crippen LogP contribution in [0.25, 0.3) is 21.8 Å². The fourth-order valence-corrected chi connectivity index (χ4v) is 5.60. The van der Waals surface area contributed by atoms with Gasteiger partial charge in [-0.25, -0.2) is 8.42 Å². The number of nitrogens with one attached hydrogen (secondary N) is 2. The van der Waals surface area contributed by atoms with Crippen molar-refractivity contribution in [2.75, 3.05) is 24.9 Å². The fourth-order valence-electron chi connectivity index (χ4n) is 4.37. The Hall–Kier alpha value is -2.90. The lowest BCUT2D eigenvalue weighted by Gasteiger charge is -2.28. The van der Waals surface area contributed by atoms with Gasteiger partial charge in [0.2, 0.25) is 0 Å². The van der Waals surface area contributed by atoms with Crippen LogP contribution in [0.3, 0.4) is 0 Å². The predicted molar refractivity (Wildman–Crippen MR) is 120 cm³/mol. The number of hydrogen-bond donors (Lipinski definition) is 2. The molecule has 0 atom stereocenters. The molecule has 1 aliphatic heterocycles. The third-order valence-electron chi connectivity index (χ3n) is 6.01. The van der Waals surface area contributed by atoms with Crippen LogP contribution in [-0.4, -0.2) is 43.4 Å². The van der Waals surface area contributed by atoms with E-state index in [9.17, 15) is 8.42 Å². The monoisotopic (exact) mass is 420 g/mol. The van der Waals surface area contributed by atoms with Gasteiger partial charge >= 0.3 is 0 Å². The lowest BCUT2D eigenvalue weighted by atomic mass is 9.89. The van der Waals surface area contributed by atoms with Crippen LogP contribution in [0.1, 0.15) is 24.3 Å². The van der Waals surface area contributed by atoms with Gasteiger partial charge in [-0.2, -0.15) is 0 Å². The molecule has 2 aromatic carbocycles. The van der Waals surface area contributed by atoms with Gasteiger partial charge in [0.25, 0.3) is 10.0 Å². The molecule has 1 aliphatic rings. The van der Waals surface area contributed by atoms with Crippen molar-refractivity contribution in [2.45, 2.75) is 23.7 Å². The highest BCUT2D eigenvalue weighted by atomic mass is 32.2. The summed E-state index contributed by atoms with van der Waals surface area (Å²) in [5.41, 5.74) is 3.33. The summed E-state index contributed by atoms with van der Waals surface area (Å²) in [6, 6.07) is 14.5. The van der Waals surface area contributed by atoms with Gasteiger partial charge in [0, 0.05) is 34.4 Å². The number of para-hydroxylation sites is 1. The number of nitrogens with zero attached hydrogens (tertiary/aromatic N) is 2. The van der Waals surface area contributed by atoms with Crippen molar-refractivity contribution in [3.63, 3.8) is 0 Å². The first kappa shape index (κ1) is 19.1. The van der Waals surface area contributed by atoms with E-state index in [0.29, 0.717) is 17.1 Å². The second-order valence-corrected chi connectivity index (χ2v) is 9.67. The largest absolute Gasteiger partial charge is 0.361 e. The number of aromatic amines is 1. The molecule has 3 heterocycles. The van der Waals surface area contributed by atoms with Crippen molar-refractivity contribution >= 4 is 37.5 Å². The number of likely N-dealkylation sites (tertiary alicyclic amines) is 1. The molecule has 30 heavy (non-hydrogen) atoms. The maximum Gasteiger partial charge on any atom is 0.264 e. The number of aromatic nitrogens is 2. The lowest BCUT2D eigenvalue weighted by molar-refractivity contribution is 0.256. The number of H-pyrrole nitrogens is 1. The quantitative estimate of drug-likeness (QED) is 0.515. The van der Waals surface area contributed by atoms with E-state index in [-0.39, 0.29) is 4.90 Å². The Morgan fingerprint density at radius 1 is 1.10 bits per heavy atom. The SMILES string of the molecule is CN1CCC(c2c[nH]c3ccc(NS(=O)(=O)c4cccc5cccnc45)cc23)CC1. The molecule has 4 aromatic rings. The summed E-state index contributed by atoms with van der Waals surface area (Å²) in [5.74, 6) is 0.490. The molecular formula is C23H24N4O2S. The number of pyridine rings is 1. The van der Waals surface area contributed by atoms with Crippen LogP contribution in [0.5, 0.6) is 0 Å². The van der Waals surface area contributed by atoms with Gasteiger partial charge in [-0.3, -0.25) is 9.71 Å². The van der Waals surface area contributed by atoms with Crippen LogP contribution < -0.4 is 4.72 Å². The molecule has 0 radical (unpaired) electrons. The Morgan fingerprint density at radius 3 is 2.73 bits per heavy atom. The minimum atomic E-state index is -3.77. The Kier molecular flexibility index (Phi) is 4.72. The molecule has 6 nitrogen and oxygen atoms in total. The summed E-state index contributed by atoms with van der Waals surface area (Å²) >= 11 is 0. The Labute approximate surface area is 176 Å². The fraction of sp³-hybridized carbons (Fsp3) is 0.261. The molecule has 7 heteroatoms. The standard InChI is InChI=1S/C23H24N4O2S/c1-27-12-9-16(10-13-27)20-15-25-21-8-7-18(14-19(20)21)26-30(28,29)22-6-2-4-17-5-3-11-24-23(17)22/h2-8,11,14-16,25-26H,9-10,12-13H2,1H3. The Balaban J connectivity index is 1.50. The van der Waals surface area contributed by atoms with E-state index >= 15 is 0 Å². The second-order valence-electron chi connectivity index (χ2n) is 8.02. The summed E-state index contributed by atoms with van der Waals surface area (Å²) in [6.45, 7) is 2.16. The number of anilines is 1. The molecule has 2 N–H and O–H groups in total. The maximum absolute atomic E-state index is 13.1. The zero-order valence-corrected chi connectivity index (χ0v) is 17.6. The first-order valence-corrected chi connectivity index (χ1v) is 11.7. The molecule has 1 fully saturated rings. The third-order valence-corrected chi connectivity index (χ3v) is 7.42. The highest BCUT2D eigenvalue weighted by molar-refractivity contribution is 7.93. The van der Waals surface area contributed by atoms with Gasteiger partial charge in [-0.15, -0.1) is 0 Å². The average Bonchev–Trinajstić information content (AvgIpc) is 3.17. The molecular weight excluding hydrogens is 396 g/mol. The highest BCUT2D eigenvalue weighted by Crippen LogP contribution is 2.34. The summed E-state index contributed by atoms with van der Waals surface area (Å²) in [7, 11) is -1.61. The number of piperidine rings is 1. The van der Waals surface area contributed by atoms with Gasteiger partial charge in [-0.05, 0) is 74.8 Å². The van der Waals surface area contributed by atoms with Crippen molar-refractivity contribution in [3.05, 3.63) is 66.5 Å². The van der Waals surface area contributed by atoms with E-state index in [1.165, 1.54) is 5.56 Å². The van der Waals surface area contributed by atoms with Gasteiger partial charge in [0.15, 0.2) is 0 Å². The van der Waals surface area contributed by atoms with Crippen LogP contribution in [0, 0.1) is 0 Å². The summed E-state index contributed by atoms with van der Waals surface area (Å²) in [5, 5.41) is 1.88. The molecule has 1 saturated heterocycles. The number of benzene rings is 2. The molecule has 2 aromatic heterocycles. The topological polar surface area (TPSA) is 78.1 Å².